The lowest BCUT2D eigenvalue weighted by Gasteiger charge is -2.24. The zero-order chi connectivity index (χ0) is 15.5. The van der Waals surface area contributed by atoms with Crippen LogP contribution in [0.2, 0.25) is 0 Å². The van der Waals surface area contributed by atoms with E-state index < -0.39 is 0 Å². The van der Waals surface area contributed by atoms with Gasteiger partial charge in [-0.2, -0.15) is 0 Å². The van der Waals surface area contributed by atoms with Crippen LogP contribution in [0.4, 0.5) is 0 Å². The Balaban J connectivity index is 2.39. The SMILES string of the molecule is CCCCOCCOC(C)C(NC)c1ccc(CC)cc1. The minimum absolute atomic E-state index is 0.122. The van der Waals surface area contributed by atoms with Crippen molar-refractivity contribution < 1.29 is 9.47 Å². The van der Waals surface area contributed by atoms with Gasteiger partial charge in [0.15, 0.2) is 0 Å². The summed E-state index contributed by atoms with van der Waals surface area (Å²) < 4.78 is 11.4. The summed E-state index contributed by atoms with van der Waals surface area (Å²) in [5.41, 5.74) is 2.64. The summed E-state index contributed by atoms with van der Waals surface area (Å²) >= 11 is 0. The van der Waals surface area contributed by atoms with Crippen molar-refractivity contribution in [3.8, 4) is 0 Å². The number of unbranched alkanes of at least 4 members (excludes halogenated alkanes) is 1. The van der Waals surface area contributed by atoms with Crippen LogP contribution in [0.5, 0.6) is 0 Å². The Hall–Kier alpha value is -0.900. The number of ether oxygens (including phenoxy) is 2. The van der Waals surface area contributed by atoms with E-state index in [0.717, 1.165) is 19.4 Å². The molecule has 0 spiro atoms. The summed E-state index contributed by atoms with van der Waals surface area (Å²) in [7, 11) is 1.98. The van der Waals surface area contributed by atoms with Gasteiger partial charge in [0.2, 0.25) is 0 Å². The second kappa shape index (κ2) is 10.8. The van der Waals surface area contributed by atoms with Gasteiger partial charge >= 0.3 is 0 Å². The van der Waals surface area contributed by atoms with Gasteiger partial charge in [-0.05, 0) is 37.9 Å². The molecule has 0 aliphatic rings. The highest BCUT2D eigenvalue weighted by molar-refractivity contribution is 5.25. The highest BCUT2D eigenvalue weighted by Crippen LogP contribution is 2.19. The third kappa shape index (κ3) is 6.60. The lowest BCUT2D eigenvalue weighted by atomic mass is 10.0. The number of likely N-dealkylation sites (N-methyl/N-ethyl adjacent to an activating group) is 1. The van der Waals surface area contributed by atoms with E-state index in [9.17, 15) is 0 Å². The van der Waals surface area contributed by atoms with Crippen LogP contribution in [-0.2, 0) is 15.9 Å². The van der Waals surface area contributed by atoms with Gasteiger partial charge in [-0.15, -0.1) is 0 Å². The molecule has 1 aromatic carbocycles. The first-order chi connectivity index (χ1) is 10.2. The summed E-state index contributed by atoms with van der Waals surface area (Å²) in [4.78, 5) is 0. The lowest BCUT2D eigenvalue weighted by Crippen LogP contribution is -2.30. The molecule has 3 heteroatoms. The number of nitrogens with one attached hydrogen (secondary N) is 1. The standard InChI is InChI=1S/C18H31NO2/c1-5-7-12-20-13-14-21-15(3)18(19-4)17-10-8-16(6-2)9-11-17/h8-11,15,18-19H,5-7,12-14H2,1-4H3. The molecule has 2 unspecified atom stereocenters. The van der Waals surface area contributed by atoms with Gasteiger partial charge in [0, 0.05) is 6.61 Å². The van der Waals surface area contributed by atoms with Gasteiger partial charge < -0.3 is 14.8 Å². The maximum Gasteiger partial charge on any atom is 0.0742 e. The molecule has 0 aromatic heterocycles. The minimum Gasteiger partial charge on any atom is -0.379 e. The van der Waals surface area contributed by atoms with Crippen LogP contribution in [0.3, 0.4) is 0 Å². The van der Waals surface area contributed by atoms with E-state index in [4.69, 9.17) is 9.47 Å². The second-order valence-electron chi connectivity index (χ2n) is 5.40. The van der Waals surface area contributed by atoms with E-state index >= 15 is 0 Å². The molecule has 1 aromatic rings. The number of hydrogen-bond donors (Lipinski definition) is 1. The number of hydrogen-bond acceptors (Lipinski definition) is 3. The Kier molecular flexibility index (Phi) is 9.31. The van der Waals surface area contributed by atoms with Crippen molar-refractivity contribution in [3.05, 3.63) is 35.4 Å². The van der Waals surface area contributed by atoms with Crippen LogP contribution in [-0.4, -0.2) is 33.0 Å². The minimum atomic E-state index is 0.122. The van der Waals surface area contributed by atoms with Crippen molar-refractivity contribution in [3.63, 3.8) is 0 Å². The molecule has 0 bridgehead atoms. The molecule has 0 fully saturated rings. The molecule has 0 radical (unpaired) electrons. The topological polar surface area (TPSA) is 30.5 Å². The third-order valence-electron chi connectivity index (χ3n) is 3.78. The van der Waals surface area contributed by atoms with Crippen molar-refractivity contribution in [1.82, 2.24) is 5.32 Å². The molecule has 21 heavy (non-hydrogen) atoms. The summed E-state index contributed by atoms with van der Waals surface area (Å²) in [6, 6.07) is 8.99. The Morgan fingerprint density at radius 3 is 2.33 bits per heavy atom. The zero-order valence-electron chi connectivity index (χ0n) is 14.0. The predicted molar refractivity (Wildman–Crippen MR) is 88.8 cm³/mol. The van der Waals surface area contributed by atoms with Crippen LogP contribution in [0.1, 0.15) is 50.8 Å². The molecule has 0 heterocycles. The fraction of sp³-hybridized carbons (Fsp3) is 0.667. The van der Waals surface area contributed by atoms with Crippen LogP contribution in [0, 0.1) is 0 Å². The highest BCUT2D eigenvalue weighted by atomic mass is 16.5. The summed E-state index contributed by atoms with van der Waals surface area (Å²) in [6.45, 7) is 8.62. The average molecular weight is 293 g/mol. The molecule has 0 amide bonds. The first-order valence-corrected chi connectivity index (χ1v) is 8.18. The van der Waals surface area contributed by atoms with Crippen LogP contribution in [0.25, 0.3) is 0 Å². The molecule has 0 saturated heterocycles. The Morgan fingerprint density at radius 2 is 1.76 bits per heavy atom. The van der Waals surface area contributed by atoms with Crippen LogP contribution in [0.15, 0.2) is 24.3 Å². The predicted octanol–water partition coefficient (Wildman–Crippen LogP) is 3.73. The van der Waals surface area contributed by atoms with E-state index in [2.05, 4.69) is 50.4 Å². The van der Waals surface area contributed by atoms with Crippen molar-refractivity contribution in [2.24, 2.45) is 0 Å². The number of rotatable bonds is 11. The molecular formula is C18H31NO2. The number of aryl methyl sites for hydroxylation is 1. The molecule has 1 N–H and O–H groups in total. The Bertz CT molecular complexity index is 364. The molecule has 0 aliphatic heterocycles. The van der Waals surface area contributed by atoms with Crippen molar-refractivity contribution >= 4 is 0 Å². The van der Waals surface area contributed by atoms with Gasteiger partial charge in [-0.3, -0.25) is 0 Å². The molecule has 120 valence electrons. The van der Waals surface area contributed by atoms with Crippen LogP contribution < -0.4 is 5.32 Å². The second-order valence-corrected chi connectivity index (χ2v) is 5.40. The fourth-order valence-electron chi connectivity index (χ4n) is 2.37. The average Bonchev–Trinajstić information content (AvgIpc) is 2.52. The van der Waals surface area contributed by atoms with E-state index in [0.29, 0.717) is 13.2 Å². The first-order valence-electron chi connectivity index (χ1n) is 8.18. The van der Waals surface area contributed by atoms with Crippen molar-refractivity contribution in [2.75, 3.05) is 26.9 Å². The van der Waals surface area contributed by atoms with Crippen molar-refractivity contribution in [1.29, 1.82) is 0 Å². The fourth-order valence-corrected chi connectivity index (χ4v) is 2.37. The maximum absolute atomic E-state index is 5.90. The van der Waals surface area contributed by atoms with Crippen molar-refractivity contribution in [2.45, 2.75) is 52.2 Å². The van der Waals surface area contributed by atoms with Gasteiger partial charge in [0.05, 0.1) is 25.4 Å². The molecule has 0 aliphatic carbocycles. The van der Waals surface area contributed by atoms with E-state index in [1.165, 1.54) is 17.5 Å². The Labute approximate surface area is 130 Å². The normalized spacial score (nSPS) is 14.1. The third-order valence-corrected chi connectivity index (χ3v) is 3.78. The first kappa shape index (κ1) is 18.1. The monoisotopic (exact) mass is 293 g/mol. The summed E-state index contributed by atoms with van der Waals surface area (Å²) in [6.07, 6.45) is 3.49. The quantitative estimate of drug-likeness (QED) is 0.631. The van der Waals surface area contributed by atoms with E-state index in [1.54, 1.807) is 0 Å². The molecule has 0 saturated carbocycles. The molecule has 1 rings (SSSR count). The van der Waals surface area contributed by atoms with Crippen LogP contribution >= 0.6 is 0 Å². The maximum atomic E-state index is 5.90. The summed E-state index contributed by atoms with van der Waals surface area (Å²) in [5, 5.41) is 3.35. The largest absolute Gasteiger partial charge is 0.379 e. The Morgan fingerprint density at radius 1 is 1.05 bits per heavy atom. The van der Waals surface area contributed by atoms with Gasteiger partial charge in [0.25, 0.3) is 0 Å². The van der Waals surface area contributed by atoms with E-state index in [-0.39, 0.29) is 12.1 Å². The van der Waals surface area contributed by atoms with E-state index in [1.807, 2.05) is 7.05 Å². The number of benzene rings is 1. The van der Waals surface area contributed by atoms with Gasteiger partial charge in [0.1, 0.15) is 0 Å². The zero-order valence-corrected chi connectivity index (χ0v) is 14.0. The van der Waals surface area contributed by atoms with Gasteiger partial charge in [-0.25, -0.2) is 0 Å². The molecular weight excluding hydrogens is 262 g/mol. The smallest absolute Gasteiger partial charge is 0.0742 e. The lowest BCUT2D eigenvalue weighted by molar-refractivity contribution is -0.00295. The summed E-state index contributed by atoms with van der Waals surface area (Å²) in [5.74, 6) is 0. The molecule has 3 nitrogen and oxygen atoms in total. The highest BCUT2D eigenvalue weighted by Gasteiger charge is 2.17. The van der Waals surface area contributed by atoms with Gasteiger partial charge in [-0.1, -0.05) is 44.5 Å². The molecule has 2 atom stereocenters.